The number of thiazole rings is 1. The molecule has 13 heteroatoms. The molecule has 0 atom stereocenters. The molecule has 1 aliphatic heterocycles. The number of ketones is 1. The van der Waals surface area contributed by atoms with Gasteiger partial charge >= 0.3 is 6.18 Å². The molecular weight excluding hydrogens is 465 g/mol. The Morgan fingerprint density at radius 1 is 1.25 bits per heavy atom. The summed E-state index contributed by atoms with van der Waals surface area (Å²) in [4.78, 5) is 18.9. The third-order valence-electron chi connectivity index (χ3n) is 5.00. The van der Waals surface area contributed by atoms with E-state index in [1.165, 1.54) is 11.3 Å². The van der Waals surface area contributed by atoms with Gasteiger partial charge in [0.25, 0.3) is 0 Å². The lowest BCUT2D eigenvalue weighted by molar-refractivity contribution is -0.141. The highest BCUT2D eigenvalue weighted by molar-refractivity contribution is 7.99. The van der Waals surface area contributed by atoms with Gasteiger partial charge in [0.05, 0.1) is 19.0 Å². The van der Waals surface area contributed by atoms with Crippen molar-refractivity contribution < 1.29 is 22.7 Å². The maximum absolute atomic E-state index is 13.2. The van der Waals surface area contributed by atoms with Crippen molar-refractivity contribution in [2.75, 3.05) is 37.0 Å². The predicted molar refractivity (Wildman–Crippen MR) is 115 cm³/mol. The first-order chi connectivity index (χ1) is 15.2. The summed E-state index contributed by atoms with van der Waals surface area (Å²) < 4.78 is 47.9. The highest BCUT2D eigenvalue weighted by Crippen LogP contribution is 2.29. The Bertz CT molecular complexity index is 1090. The van der Waals surface area contributed by atoms with E-state index < -0.39 is 12.7 Å². The van der Waals surface area contributed by atoms with Crippen molar-refractivity contribution in [3.05, 3.63) is 34.6 Å². The van der Waals surface area contributed by atoms with Gasteiger partial charge in [-0.25, -0.2) is 4.98 Å². The van der Waals surface area contributed by atoms with Crippen LogP contribution in [0.2, 0.25) is 0 Å². The number of halogens is 3. The van der Waals surface area contributed by atoms with Gasteiger partial charge in [0, 0.05) is 41.6 Å². The lowest BCUT2D eigenvalue weighted by atomic mass is 10.2. The van der Waals surface area contributed by atoms with Gasteiger partial charge in [-0.2, -0.15) is 13.2 Å². The van der Waals surface area contributed by atoms with E-state index in [9.17, 15) is 18.0 Å². The molecule has 8 nitrogen and oxygen atoms in total. The second-order valence-corrected chi connectivity index (χ2v) is 9.05. The molecule has 0 radical (unpaired) electrons. The fraction of sp³-hybridized carbons (Fsp3) is 0.474. The molecule has 3 aromatic rings. The SMILES string of the molecule is Cc1cc(C(=O)CSc2nnc(N3CCOCC3)n2CC(F)(F)F)c(C)n1-c1nccs1. The first-order valence-corrected chi connectivity index (χ1v) is 11.7. The van der Waals surface area contributed by atoms with E-state index in [1.54, 1.807) is 17.2 Å². The number of aryl methyl sites for hydroxylation is 1. The van der Waals surface area contributed by atoms with Gasteiger partial charge < -0.3 is 9.64 Å². The summed E-state index contributed by atoms with van der Waals surface area (Å²) in [5, 5.41) is 10.6. The zero-order valence-corrected chi connectivity index (χ0v) is 19.1. The van der Waals surface area contributed by atoms with Crippen molar-refractivity contribution in [3.63, 3.8) is 0 Å². The monoisotopic (exact) mass is 486 g/mol. The summed E-state index contributed by atoms with van der Waals surface area (Å²) in [6.07, 6.45) is -2.75. The van der Waals surface area contributed by atoms with Gasteiger partial charge in [-0.15, -0.1) is 21.5 Å². The lowest BCUT2D eigenvalue weighted by Crippen LogP contribution is -2.38. The Hall–Kier alpha value is -2.38. The van der Waals surface area contributed by atoms with Gasteiger partial charge in [-0.05, 0) is 19.9 Å². The molecule has 3 aromatic heterocycles. The Morgan fingerprint density at radius 2 is 2.00 bits per heavy atom. The highest BCUT2D eigenvalue weighted by atomic mass is 32.2. The quantitative estimate of drug-likeness (QED) is 0.374. The number of hydrogen-bond acceptors (Lipinski definition) is 8. The number of thioether (sulfide) groups is 1. The molecule has 172 valence electrons. The number of nitrogens with zero attached hydrogens (tertiary/aromatic N) is 6. The van der Waals surface area contributed by atoms with Crippen molar-refractivity contribution in [2.24, 2.45) is 0 Å². The van der Waals surface area contributed by atoms with Crippen molar-refractivity contribution in [1.29, 1.82) is 0 Å². The molecule has 0 amide bonds. The maximum atomic E-state index is 13.2. The van der Waals surface area contributed by atoms with Crippen LogP contribution in [-0.4, -0.2) is 68.3 Å². The lowest BCUT2D eigenvalue weighted by Gasteiger charge is -2.28. The van der Waals surface area contributed by atoms with Crippen LogP contribution in [0.4, 0.5) is 19.1 Å². The Kier molecular flexibility index (Phi) is 6.58. The van der Waals surface area contributed by atoms with Gasteiger partial charge in [0.1, 0.15) is 6.54 Å². The van der Waals surface area contributed by atoms with E-state index >= 15 is 0 Å². The average Bonchev–Trinajstić information content (AvgIpc) is 3.46. The van der Waals surface area contributed by atoms with Crippen molar-refractivity contribution >= 4 is 34.8 Å². The van der Waals surface area contributed by atoms with Crippen LogP contribution >= 0.6 is 23.1 Å². The second kappa shape index (κ2) is 9.24. The number of aromatic nitrogens is 5. The molecule has 4 rings (SSSR count). The van der Waals surface area contributed by atoms with Crippen LogP contribution in [0.5, 0.6) is 0 Å². The van der Waals surface area contributed by atoms with E-state index in [-0.39, 0.29) is 22.6 Å². The van der Waals surface area contributed by atoms with Crippen LogP contribution in [0.3, 0.4) is 0 Å². The van der Waals surface area contributed by atoms with Crippen molar-refractivity contribution in [1.82, 2.24) is 24.3 Å². The minimum atomic E-state index is -4.44. The smallest absolute Gasteiger partial charge is 0.378 e. The first-order valence-electron chi connectivity index (χ1n) is 9.82. The molecule has 0 bridgehead atoms. The van der Waals surface area contributed by atoms with Crippen LogP contribution in [0.25, 0.3) is 5.13 Å². The fourth-order valence-corrected chi connectivity index (χ4v) is 5.14. The summed E-state index contributed by atoms with van der Waals surface area (Å²) in [6, 6.07) is 1.78. The van der Waals surface area contributed by atoms with Gasteiger partial charge in [-0.1, -0.05) is 11.8 Å². The van der Waals surface area contributed by atoms with Gasteiger partial charge in [0.2, 0.25) is 5.95 Å². The second-order valence-electron chi connectivity index (χ2n) is 7.23. The Morgan fingerprint density at radius 3 is 2.66 bits per heavy atom. The molecule has 0 aliphatic carbocycles. The van der Waals surface area contributed by atoms with Crippen molar-refractivity contribution in [3.8, 4) is 5.13 Å². The molecule has 0 unspecified atom stereocenters. The van der Waals surface area contributed by atoms with Crippen molar-refractivity contribution in [2.45, 2.75) is 31.7 Å². The predicted octanol–water partition coefficient (Wildman–Crippen LogP) is 3.52. The van der Waals surface area contributed by atoms with E-state index in [1.807, 2.05) is 23.8 Å². The molecule has 32 heavy (non-hydrogen) atoms. The summed E-state index contributed by atoms with van der Waals surface area (Å²) in [5.41, 5.74) is 2.12. The minimum absolute atomic E-state index is 0.0543. The van der Waals surface area contributed by atoms with Crippen LogP contribution in [0.1, 0.15) is 21.7 Å². The number of carbonyl (C=O) groups excluding carboxylic acids is 1. The normalized spacial score (nSPS) is 14.8. The maximum Gasteiger partial charge on any atom is 0.406 e. The molecule has 4 heterocycles. The van der Waals surface area contributed by atoms with Crippen LogP contribution in [-0.2, 0) is 11.3 Å². The van der Waals surface area contributed by atoms with E-state index in [0.717, 1.165) is 32.8 Å². The van der Waals surface area contributed by atoms with Gasteiger partial charge in [0.15, 0.2) is 16.1 Å². The van der Waals surface area contributed by atoms with E-state index in [0.29, 0.717) is 31.9 Å². The summed E-state index contributed by atoms with van der Waals surface area (Å²) >= 11 is 2.41. The summed E-state index contributed by atoms with van der Waals surface area (Å²) in [5.74, 6) is -0.107. The zero-order chi connectivity index (χ0) is 22.9. The molecule has 1 fully saturated rings. The first kappa shape index (κ1) is 22.8. The number of anilines is 1. The van der Waals surface area contributed by atoms with Crippen LogP contribution < -0.4 is 4.90 Å². The number of carbonyl (C=O) groups is 1. The number of ether oxygens (including phenoxy) is 1. The summed E-state index contributed by atoms with van der Waals surface area (Å²) in [7, 11) is 0. The molecule has 1 saturated heterocycles. The summed E-state index contributed by atoms with van der Waals surface area (Å²) in [6.45, 7) is 4.18. The standard InChI is InChI=1S/C19H21F3N6O2S2/c1-12-9-14(13(2)28(12)17-23-3-8-31-17)15(29)10-32-18-25-24-16(26-4-6-30-7-5-26)27(18)11-19(20,21)22/h3,8-9H,4-7,10-11H2,1-2H3. The largest absolute Gasteiger partial charge is 0.406 e. The van der Waals surface area contributed by atoms with Gasteiger partial charge in [-0.3, -0.25) is 13.9 Å². The Balaban J connectivity index is 1.54. The molecule has 0 aromatic carbocycles. The fourth-order valence-electron chi connectivity index (χ4n) is 3.58. The van der Waals surface area contributed by atoms with Crippen LogP contribution in [0, 0.1) is 13.8 Å². The third-order valence-corrected chi connectivity index (χ3v) is 6.73. The number of rotatable bonds is 7. The molecule has 1 aliphatic rings. The molecule has 0 saturated carbocycles. The average molecular weight is 487 g/mol. The Labute approximate surface area is 190 Å². The third kappa shape index (κ3) is 4.84. The topological polar surface area (TPSA) is 78.1 Å². The molecule has 0 N–H and O–H groups in total. The number of hydrogen-bond donors (Lipinski definition) is 0. The van der Waals surface area contributed by atoms with E-state index in [4.69, 9.17) is 4.74 Å². The number of Topliss-reactive ketones (excluding diaryl/α,β-unsaturated/α-hetero) is 1. The molecule has 0 spiro atoms. The highest BCUT2D eigenvalue weighted by Gasteiger charge is 2.33. The number of alkyl halides is 3. The minimum Gasteiger partial charge on any atom is -0.378 e. The van der Waals surface area contributed by atoms with Crippen LogP contribution in [0.15, 0.2) is 22.8 Å². The number of morpholine rings is 1. The van der Waals surface area contributed by atoms with E-state index in [2.05, 4.69) is 15.2 Å². The molecular formula is C19H21F3N6O2S2. The zero-order valence-electron chi connectivity index (χ0n) is 17.4.